The Bertz CT molecular complexity index is 368. The summed E-state index contributed by atoms with van der Waals surface area (Å²) in [5, 5.41) is 0. The van der Waals surface area contributed by atoms with E-state index in [1.54, 1.807) is 24.3 Å². The van der Waals surface area contributed by atoms with E-state index in [0.717, 1.165) is 12.2 Å². The molecule has 0 N–H and O–H groups in total. The van der Waals surface area contributed by atoms with Crippen molar-refractivity contribution in [2.45, 2.75) is 27.2 Å². The number of methoxy groups -OCH3 is 1. The first kappa shape index (κ1) is 14.6. The molecule has 1 unspecified atom stereocenters. The highest BCUT2D eigenvalue weighted by molar-refractivity contribution is 5.89. The SMILES string of the molecule is COC(=O)c1ccc(OCC(C)CC(C)C)cc1. The molecule has 0 saturated carbocycles. The van der Waals surface area contributed by atoms with Gasteiger partial charge in [-0.1, -0.05) is 20.8 Å². The van der Waals surface area contributed by atoms with E-state index in [1.165, 1.54) is 7.11 Å². The van der Waals surface area contributed by atoms with E-state index in [0.29, 0.717) is 24.0 Å². The van der Waals surface area contributed by atoms with Crippen LogP contribution in [0, 0.1) is 11.8 Å². The van der Waals surface area contributed by atoms with Crippen LogP contribution in [0.15, 0.2) is 24.3 Å². The molecule has 0 amide bonds. The summed E-state index contributed by atoms with van der Waals surface area (Å²) in [6.07, 6.45) is 1.15. The largest absolute Gasteiger partial charge is 0.493 e. The summed E-state index contributed by atoms with van der Waals surface area (Å²) in [7, 11) is 1.38. The molecule has 0 bridgehead atoms. The van der Waals surface area contributed by atoms with Crippen molar-refractivity contribution in [3.63, 3.8) is 0 Å². The molecular formula is C15H22O3. The predicted molar refractivity (Wildman–Crippen MR) is 71.9 cm³/mol. The fraction of sp³-hybridized carbons (Fsp3) is 0.533. The van der Waals surface area contributed by atoms with Crippen molar-refractivity contribution in [1.29, 1.82) is 0 Å². The van der Waals surface area contributed by atoms with Gasteiger partial charge in [0.15, 0.2) is 0 Å². The lowest BCUT2D eigenvalue weighted by Gasteiger charge is -2.15. The molecule has 1 atom stereocenters. The number of carbonyl (C=O) groups excluding carboxylic acids is 1. The van der Waals surface area contributed by atoms with Gasteiger partial charge in [0.25, 0.3) is 0 Å². The number of rotatable bonds is 6. The van der Waals surface area contributed by atoms with Gasteiger partial charge in [0, 0.05) is 0 Å². The maximum absolute atomic E-state index is 11.2. The second kappa shape index (κ2) is 7.04. The Balaban J connectivity index is 2.46. The van der Waals surface area contributed by atoms with Gasteiger partial charge in [-0.15, -0.1) is 0 Å². The van der Waals surface area contributed by atoms with E-state index in [2.05, 4.69) is 25.5 Å². The van der Waals surface area contributed by atoms with Crippen LogP contribution in [0.1, 0.15) is 37.6 Å². The zero-order valence-electron chi connectivity index (χ0n) is 11.6. The van der Waals surface area contributed by atoms with Crippen LogP contribution < -0.4 is 4.74 Å². The number of ether oxygens (including phenoxy) is 2. The second-order valence-corrected chi connectivity index (χ2v) is 5.06. The topological polar surface area (TPSA) is 35.5 Å². The minimum Gasteiger partial charge on any atom is -0.493 e. The van der Waals surface area contributed by atoms with E-state index >= 15 is 0 Å². The molecule has 18 heavy (non-hydrogen) atoms. The normalized spacial score (nSPS) is 12.3. The molecule has 0 aromatic heterocycles. The monoisotopic (exact) mass is 250 g/mol. The average molecular weight is 250 g/mol. The Kier molecular flexibility index (Phi) is 5.69. The molecule has 1 aromatic carbocycles. The van der Waals surface area contributed by atoms with E-state index < -0.39 is 0 Å². The quantitative estimate of drug-likeness (QED) is 0.724. The van der Waals surface area contributed by atoms with Crippen LogP contribution in [0.4, 0.5) is 0 Å². The maximum Gasteiger partial charge on any atom is 0.337 e. The highest BCUT2D eigenvalue weighted by atomic mass is 16.5. The number of benzene rings is 1. The van der Waals surface area contributed by atoms with Crippen LogP contribution in [-0.2, 0) is 4.74 Å². The third kappa shape index (κ3) is 4.78. The second-order valence-electron chi connectivity index (χ2n) is 5.06. The fourth-order valence-electron chi connectivity index (χ4n) is 1.92. The van der Waals surface area contributed by atoms with Gasteiger partial charge in [0.05, 0.1) is 19.3 Å². The third-order valence-corrected chi connectivity index (χ3v) is 2.68. The Morgan fingerprint density at radius 2 is 1.78 bits per heavy atom. The lowest BCUT2D eigenvalue weighted by molar-refractivity contribution is 0.0600. The van der Waals surface area contributed by atoms with Crippen LogP contribution in [0.3, 0.4) is 0 Å². The highest BCUT2D eigenvalue weighted by Crippen LogP contribution is 2.16. The summed E-state index contributed by atoms with van der Waals surface area (Å²) >= 11 is 0. The van der Waals surface area contributed by atoms with Crippen molar-refractivity contribution in [2.75, 3.05) is 13.7 Å². The molecular weight excluding hydrogens is 228 g/mol. The minimum absolute atomic E-state index is 0.324. The van der Waals surface area contributed by atoms with E-state index in [4.69, 9.17) is 4.74 Å². The molecule has 3 nitrogen and oxygen atoms in total. The smallest absolute Gasteiger partial charge is 0.337 e. The zero-order valence-corrected chi connectivity index (χ0v) is 11.6. The molecule has 3 heteroatoms. The van der Waals surface area contributed by atoms with E-state index in [1.807, 2.05) is 0 Å². The van der Waals surface area contributed by atoms with Crippen LogP contribution in [-0.4, -0.2) is 19.7 Å². The van der Waals surface area contributed by atoms with Gasteiger partial charge in [0.2, 0.25) is 0 Å². The molecule has 0 saturated heterocycles. The van der Waals surface area contributed by atoms with Gasteiger partial charge in [-0.2, -0.15) is 0 Å². The molecule has 0 spiro atoms. The molecule has 100 valence electrons. The molecule has 0 aliphatic rings. The molecule has 1 rings (SSSR count). The Labute approximate surface area is 109 Å². The van der Waals surface area contributed by atoms with Crippen molar-refractivity contribution in [3.05, 3.63) is 29.8 Å². The minimum atomic E-state index is -0.324. The summed E-state index contributed by atoms with van der Waals surface area (Å²) in [5.41, 5.74) is 0.542. The first-order valence-corrected chi connectivity index (χ1v) is 6.34. The van der Waals surface area contributed by atoms with Gasteiger partial charge in [-0.05, 0) is 42.5 Å². The number of hydrogen-bond donors (Lipinski definition) is 0. The third-order valence-electron chi connectivity index (χ3n) is 2.68. The van der Waals surface area contributed by atoms with E-state index in [9.17, 15) is 4.79 Å². The summed E-state index contributed by atoms with van der Waals surface area (Å²) in [6, 6.07) is 7.03. The van der Waals surface area contributed by atoms with Crippen LogP contribution >= 0.6 is 0 Å². The zero-order chi connectivity index (χ0) is 13.5. The van der Waals surface area contributed by atoms with Crippen LogP contribution in [0.25, 0.3) is 0 Å². The molecule has 0 radical (unpaired) electrons. The van der Waals surface area contributed by atoms with Gasteiger partial charge in [0.1, 0.15) is 5.75 Å². The average Bonchev–Trinajstić information content (AvgIpc) is 2.35. The van der Waals surface area contributed by atoms with Crippen molar-refractivity contribution < 1.29 is 14.3 Å². The van der Waals surface area contributed by atoms with Gasteiger partial charge in [-0.25, -0.2) is 4.79 Å². The number of esters is 1. The summed E-state index contributed by atoms with van der Waals surface area (Å²) in [4.78, 5) is 11.2. The summed E-state index contributed by atoms with van der Waals surface area (Å²) < 4.78 is 10.3. The molecule has 0 heterocycles. The van der Waals surface area contributed by atoms with Crippen molar-refractivity contribution >= 4 is 5.97 Å². The van der Waals surface area contributed by atoms with Crippen LogP contribution in [0.2, 0.25) is 0 Å². The standard InChI is InChI=1S/C15H22O3/c1-11(2)9-12(3)10-18-14-7-5-13(6-8-14)15(16)17-4/h5-8,11-12H,9-10H2,1-4H3. The predicted octanol–water partition coefficient (Wildman–Crippen LogP) is 3.53. The summed E-state index contributed by atoms with van der Waals surface area (Å²) in [5.74, 6) is 1.68. The lowest BCUT2D eigenvalue weighted by Crippen LogP contribution is -2.11. The molecule has 0 aliphatic heterocycles. The number of carbonyl (C=O) groups is 1. The van der Waals surface area contributed by atoms with E-state index in [-0.39, 0.29) is 5.97 Å². The maximum atomic E-state index is 11.2. The highest BCUT2D eigenvalue weighted by Gasteiger charge is 2.07. The first-order valence-electron chi connectivity index (χ1n) is 6.34. The van der Waals surface area contributed by atoms with Crippen molar-refractivity contribution in [2.24, 2.45) is 11.8 Å². The Hall–Kier alpha value is -1.51. The number of hydrogen-bond acceptors (Lipinski definition) is 3. The van der Waals surface area contributed by atoms with Gasteiger partial charge < -0.3 is 9.47 Å². The Morgan fingerprint density at radius 1 is 1.17 bits per heavy atom. The Morgan fingerprint density at radius 3 is 2.28 bits per heavy atom. The summed E-state index contributed by atoms with van der Waals surface area (Å²) in [6.45, 7) is 7.31. The van der Waals surface area contributed by atoms with Crippen molar-refractivity contribution in [3.8, 4) is 5.75 Å². The fourth-order valence-corrected chi connectivity index (χ4v) is 1.92. The van der Waals surface area contributed by atoms with Gasteiger partial charge in [-0.3, -0.25) is 0 Å². The van der Waals surface area contributed by atoms with Crippen molar-refractivity contribution in [1.82, 2.24) is 0 Å². The van der Waals surface area contributed by atoms with Crippen LogP contribution in [0.5, 0.6) is 5.75 Å². The lowest BCUT2D eigenvalue weighted by atomic mass is 10.00. The van der Waals surface area contributed by atoms with Gasteiger partial charge >= 0.3 is 5.97 Å². The molecule has 1 aromatic rings. The molecule has 0 fully saturated rings. The first-order chi connectivity index (χ1) is 8.52. The molecule has 0 aliphatic carbocycles.